The molecule has 1 aliphatic rings. The summed E-state index contributed by atoms with van der Waals surface area (Å²) in [4.78, 5) is 31.5. The van der Waals surface area contributed by atoms with Crippen LogP contribution in [-0.2, 0) is 11.2 Å². The summed E-state index contributed by atoms with van der Waals surface area (Å²) < 4.78 is 20.0. The molecule has 0 spiro atoms. The SMILES string of the molecule is Cc1ccc(C(=CN)C(=O)N2CCc3[nH]cnc3[C@H]2c2nc3cccc(F)c3o2)nc1. The molecule has 9 heteroatoms. The number of carbonyl (C=O) groups is 1. The zero-order chi connectivity index (χ0) is 21.5. The minimum Gasteiger partial charge on any atom is -0.435 e. The summed E-state index contributed by atoms with van der Waals surface area (Å²) in [6.45, 7) is 2.29. The normalized spacial score (nSPS) is 16.5. The van der Waals surface area contributed by atoms with Gasteiger partial charge in [-0.2, -0.15) is 0 Å². The summed E-state index contributed by atoms with van der Waals surface area (Å²) in [6, 6.07) is 7.41. The highest BCUT2D eigenvalue weighted by Crippen LogP contribution is 2.36. The van der Waals surface area contributed by atoms with Crippen LogP contribution in [0.2, 0.25) is 0 Å². The number of nitrogens with two attached hydrogens (primary N) is 1. The van der Waals surface area contributed by atoms with Crippen LogP contribution in [0.4, 0.5) is 4.39 Å². The first-order chi connectivity index (χ1) is 15.1. The Morgan fingerprint density at radius 3 is 2.94 bits per heavy atom. The van der Waals surface area contributed by atoms with E-state index in [2.05, 4.69) is 19.9 Å². The maximum Gasteiger partial charge on any atom is 0.258 e. The Kier molecular flexibility index (Phi) is 4.50. The van der Waals surface area contributed by atoms with Crippen molar-refractivity contribution in [2.45, 2.75) is 19.4 Å². The Morgan fingerprint density at radius 1 is 1.32 bits per heavy atom. The number of imidazole rings is 1. The van der Waals surface area contributed by atoms with Crippen molar-refractivity contribution in [3.63, 3.8) is 0 Å². The molecule has 0 saturated carbocycles. The molecule has 4 heterocycles. The van der Waals surface area contributed by atoms with Gasteiger partial charge in [0.25, 0.3) is 5.91 Å². The number of benzene rings is 1. The molecule has 1 atom stereocenters. The lowest BCUT2D eigenvalue weighted by atomic mass is 10.0. The van der Waals surface area contributed by atoms with E-state index in [0.29, 0.717) is 29.9 Å². The zero-order valence-electron chi connectivity index (χ0n) is 16.7. The molecular formula is C22H19FN6O2. The van der Waals surface area contributed by atoms with Gasteiger partial charge in [-0.15, -0.1) is 0 Å². The maximum absolute atomic E-state index is 14.2. The predicted molar refractivity (Wildman–Crippen MR) is 111 cm³/mol. The number of halogens is 1. The number of H-pyrrole nitrogens is 1. The lowest BCUT2D eigenvalue weighted by molar-refractivity contribution is -0.127. The van der Waals surface area contributed by atoms with Crippen LogP contribution in [0.1, 0.15) is 34.6 Å². The number of pyridine rings is 1. The molecule has 0 saturated heterocycles. The van der Waals surface area contributed by atoms with Crippen LogP contribution in [0.25, 0.3) is 16.7 Å². The van der Waals surface area contributed by atoms with E-state index in [1.165, 1.54) is 12.3 Å². The Balaban J connectivity index is 1.60. The lowest BCUT2D eigenvalue weighted by Crippen LogP contribution is -2.41. The number of amides is 1. The molecule has 0 bridgehead atoms. The van der Waals surface area contributed by atoms with Gasteiger partial charge in [0.1, 0.15) is 5.52 Å². The number of hydrogen-bond acceptors (Lipinski definition) is 6. The van der Waals surface area contributed by atoms with Gasteiger partial charge >= 0.3 is 0 Å². The summed E-state index contributed by atoms with van der Waals surface area (Å²) in [5.41, 5.74) is 9.43. The van der Waals surface area contributed by atoms with E-state index in [1.807, 2.05) is 13.0 Å². The molecule has 8 nitrogen and oxygen atoms in total. The number of carbonyl (C=O) groups excluding carboxylic acids is 1. The number of oxazole rings is 1. The first-order valence-electron chi connectivity index (χ1n) is 9.80. The maximum atomic E-state index is 14.2. The Morgan fingerprint density at radius 2 is 2.19 bits per heavy atom. The van der Waals surface area contributed by atoms with E-state index in [4.69, 9.17) is 10.2 Å². The first kappa shape index (κ1) is 19.0. The molecule has 0 aliphatic carbocycles. The molecule has 1 amide bonds. The van der Waals surface area contributed by atoms with Crippen LogP contribution in [0.15, 0.2) is 53.5 Å². The minimum absolute atomic E-state index is 0.0438. The van der Waals surface area contributed by atoms with Gasteiger partial charge in [0.05, 0.1) is 23.3 Å². The first-order valence-corrected chi connectivity index (χ1v) is 9.80. The smallest absolute Gasteiger partial charge is 0.258 e. The van der Waals surface area contributed by atoms with Gasteiger partial charge in [0.15, 0.2) is 17.4 Å². The highest BCUT2D eigenvalue weighted by molar-refractivity contribution is 6.19. The standard InChI is InChI=1S/C22H19FN6O2/c1-12-5-6-15(25-10-12)13(9-24)22(30)29-8-7-16-18(27-11-26-16)19(29)21-28-17-4-2-3-14(23)20(17)31-21/h2-6,9-11,19H,7-8,24H2,1H3,(H,26,27)/t19-/m0/s1. The van der Waals surface area contributed by atoms with Crippen LogP contribution in [0.3, 0.4) is 0 Å². The number of hydrogen-bond donors (Lipinski definition) is 2. The van der Waals surface area contributed by atoms with Crippen LogP contribution in [0, 0.1) is 12.7 Å². The lowest BCUT2D eigenvalue weighted by Gasteiger charge is -2.33. The summed E-state index contributed by atoms with van der Waals surface area (Å²) in [5.74, 6) is -0.659. The van der Waals surface area contributed by atoms with Crippen molar-refractivity contribution in [3.05, 3.63) is 83.4 Å². The van der Waals surface area contributed by atoms with Crippen molar-refractivity contribution in [1.82, 2.24) is 24.8 Å². The predicted octanol–water partition coefficient (Wildman–Crippen LogP) is 2.87. The van der Waals surface area contributed by atoms with Crippen molar-refractivity contribution in [3.8, 4) is 0 Å². The minimum atomic E-state index is -0.727. The fraction of sp³-hybridized carbons (Fsp3) is 0.182. The van der Waals surface area contributed by atoms with Crippen LogP contribution < -0.4 is 5.73 Å². The van der Waals surface area contributed by atoms with E-state index in [0.717, 1.165) is 11.3 Å². The second-order valence-electron chi connectivity index (χ2n) is 7.36. The number of nitrogens with zero attached hydrogens (tertiary/aromatic N) is 4. The van der Waals surface area contributed by atoms with Gasteiger partial charge < -0.3 is 20.0 Å². The molecule has 3 aromatic heterocycles. The summed E-state index contributed by atoms with van der Waals surface area (Å²) in [7, 11) is 0. The van der Waals surface area contributed by atoms with E-state index in [1.54, 1.807) is 35.6 Å². The molecule has 0 radical (unpaired) electrons. The Hall–Kier alpha value is -4.01. The van der Waals surface area contributed by atoms with Crippen molar-refractivity contribution in [1.29, 1.82) is 0 Å². The summed E-state index contributed by atoms with van der Waals surface area (Å²) >= 11 is 0. The highest BCUT2D eigenvalue weighted by atomic mass is 19.1. The molecule has 3 N–H and O–H groups in total. The number of rotatable bonds is 3. The quantitative estimate of drug-likeness (QED) is 0.495. The van der Waals surface area contributed by atoms with Crippen molar-refractivity contribution in [2.75, 3.05) is 6.54 Å². The highest BCUT2D eigenvalue weighted by Gasteiger charge is 2.39. The second kappa shape index (κ2) is 7.35. The van der Waals surface area contributed by atoms with E-state index >= 15 is 0 Å². The fourth-order valence-corrected chi connectivity index (χ4v) is 3.84. The summed E-state index contributed by atoms with van der Waals surface area (Å²) in [5, 5.41) is 0. The second-order valence-corrected chi connectivity index (χ2v) is 7.36. The number of fused-ring (bicyclic) bond motifs is 2. The van der Waals surface area contributed by atoms with Gasteiger partial charge in [-0.25, -0.2) is 14.4 Å². The molecule has 1 aromatic carbocycles. The third-order valence-corrected chi connectivity index (χ3v) is 5.39. The summed E-state index contributed by atoms with van der Waals surface area (Å²) in [6.07, 6.45) is 5.07. The Labute approximate surface area is 176 Å². The number of para-hydroxylation sites is 1. The van der Waals surface area contributed by atoms with Gasteiger partial charge in [0.2, 0.25) is 5.89 Å². The van der Waals surface area contributed by atoms with Gasteiger partial charge in [0, 0.05) is 31.1 Å². The molecule has 0 fully saturated rings. The van der Waals surface area contributed by atoms with E-state index in [9.17, 15) is 9.18 Å². The molecule has 0 unspecified atom stereocenters. The van der Waals surface area contributed by atoms with Crippen LogP contribution in [-0.4, -0.2) is 37.3 Å². The number of aromatic amines is 1. The monoisotopic (exact) mass is 418 g/mol. The third-order valence-electron chi connectivity index (χ3n) is 5.39. The molecule has 156 valence electrons. The van der Waals surface area contributed by atoms with Gasteiger partial charge in [-0.1, -0.05) is 12.1 Å². The number of nitrogens with one attached hydrogen (secondary N) is 1. The van der Waals surface area contributed by atoms with Crippen molar-refractivity contribution in [2.24, 2.45) is 5.73 Å². The van der Waals surface area contributed by atoms with Gasteiger partial charge in [-0.3, -0.25) is 9.78 Å². The largest absolute Gasteiger partial charge is 0.435 e. The molecule has 1 aliphatic heterocycles. The molecule has 4 aromatic rings. The average molecular weight is 418 g/mol. The fourth-order valence-electron chi connectivity index (χ4n) is 3.84. The van der Waals surface area contributed by atoms with Crippen molar-refractivity contribution < 1.29 is 13.6 Å². The van der Waals surface area contributed by atoms with E-state index < -0.39 is 11.9 Å². The Bertz CT molecular complexity index is 1310. The topological polar surface area (TPSA) is 114 Å². The molecule has 5 rings (SSSR count). The van der Waals surface area contributed by atoms with Crippen LogP contribution >= 0.6 is 0 Å². The number of aromatic nitrogens is 4. The average Bonchev–Trinajstić information content (AvgIpc) is 3.42. The zero-order valence-corrected chi connectivity index (χ0v) is 16.7. The molecular weight excluding hydrogens is 399 g/mol. The van der Waals surface area contributed by atoms with Crippen molar-refractivity contribution >= 4 is 22.6 Å². The van der Waals surface area contributed by atoms with Crippen LogP contribution in [0.5, 0.6) is 0 Å². The molecule has 31 heavy (non-hydrogen) atoms. The third kappa shape index (κ3) is 3.14. The number of aryl methyl sites for hydroxylation is 1. The van der Waals surface area contributed by atoms with E-state index in [-0.39, 0.29) is 23.0 Å². The van der Waals surface area contributed by atoms with Gasteiger partial charge in [-0.05, 0) is 30.7 Å².